The first-order valence-electron chi connectivity index (χ1n) is 6.89. The Labute approximate surface area is 148 Å². The lowest BCUT2D eigenvalue weighted by molar-refractivity contribution is -0.123. The molecule has 2 rings (SSSR count). The van der Waals surface area contributed by atoms with Crippen LogP contribution in [0.1, 0.15) is 22.8 Å². The summed E-state index contributed by atoms with van der Waals surface area (Å²) < 4.78 is 5.10. The second-order valence-electron chi connectivity index (χ2n) is 4.79. The van der Waals surface area contributed by atoms with Gasteiger partial charge in [0.1, 0.15) is 6.07 Å². The van der Waals surface area contributed by atoms with Gasteiger partial charge in [0, 0.05) is 0 Å². The van der Waals surface area contributed by atoms with Crippen molar-refractivity contribution in [1.29, 1.82) is 5.26 Å². The van der Waals surface area contributed by atoms with E-state index in [9.17, 15) is 9.59 Å². The highest BCUT2D eigenvalue weighted by Crippen LogP contribution is 2.25. The summed E-state index contributed by atoms with van der Waals surface area (Å²) in [6.45, 7) is 1.41. The van der Waals surface area contributed by atoms with Gasteiger partial charge in [-0.3, -0.25) is 4.79 Å². The Balaban J connectivity index is 2.09. The van der Waals surface area contributed by atoms with E-state index >= 15 is 0 Å². The molecule has 0 saturated heterocycles. The van der Waals surface area contributed by atoms with Crippen LogP contribution in [0.15, 0.2) is 42.5 Å². The van der Waals surface area contributed by atoms with Crippen LogP contribution < -0.4 is 5.32 Å². The molecule has 24 heavy (non-hydrogen) atoms. The molecule has 5 nitrogen and oxygen atoms in total. The molecule has 1 atom stereocenters. The number of hydrogen-bond donors (Lipinski definition) is 1. The molecule has 1 N–H and O–H groups in total. The third-order valence-electron chi connectivity index (χ3n) is 3.13. The highest BCUT2D eigenvalue weighted by molar-refractivity contribution is 6.39. The molecule has 0 heterocycles. The number of amides is 1. The number of carbonyl (C=O) groups excluding carboxylic acids is 2. The summed E-state index contributed by atoms with van der Waals surface area (Å²) >= 11 is 11.9. The molecule has 7 heteroatoms. The summed E-state index contributed by atoms with van der Waals surface area (Å²) in [6.07, 6.45) is -1.10. The number of nitrogens with zero attached hydrogens (tertiary/aromatic N) is 1. The molecule has 0 spiro atoms. The van der Waals surface area contributed by atoms with Gasteiger partial charge in [0.05, 0.1) is 26.9 Å². The maximum absolute atomic E-state index is 12.2. The maximum atomic E-state index is 12.2. The monoisotopic (exact) mass is 362 g/mol. The molecule has 0 aliphatic heterocycles. The number of esters is 1. The Morgan fingerprint density at radius 1 is 1.12 bits per heavy atom. The van der Waals surface area contributed by atoms with Gasteiger partial charge in [-0.15, -0.1) is 0 Å². The number of rotatable bonds is 4. The molecule has 122 valence electrons. The number of hydrogen-bond acceptors (Lipinski definition) is 4. The minimum Gasteiger partial charge on any atom is -0.449 e. The van der Waals surface area contributed by atoms with E-state index in [1.165, 1.54) is 19.1 Å². The zero-order chi connectivity index (χ0) is 17.7. The van der Waals surface area contributed by atoms with E-state index < -0.39 is 18.0 Å². The van der Waals surface area contributed by atoms with Gasteiger partial charge in [0.2, 0.25) is 0 Å². The molecular formula is C17H12Cl2N2O3. The van der Waals surface area contributed by atoms with Crippen molar-refractivity contribution in [2.24, 2.45) is 0 Å². The van der Waals surface area contributed by atoms with Crippen molar-refractivity contribution >= 4 is 40.8 Å². The SMILES string of the molecule is C[C@@H](OC(=O)c1c(Cl)cccc1Cl)C(=O)Nc1ccccc1C#N. The average molecular weight is 363 g/mol. The number of para-hydroxylation sites is 1. The van der Waals surface area contributed by atoms with Gasteiger partial charge in [0.15, 0.2) is 6.10 Å². The van der Waals surface area contributed by atoms with Crippen LogP contribution in [0.5, 0.6) is 0 Å². The third-order valence-corrected chi connectivity index (χ3v) is 3.76. The standard InChI is InChI=1S/C17H12Cl2N2O3/c1-10(16(22)21-14-8-3-2-5-11(14)9-20)24-17(23)15-12(18)6-4-7-13(15)19/h2-8,10H,1H3,(H,21,22)/t10-/m1/s1. The van der Waals surface area contributed by atoms with E-state index in [0.29, 0.717) is 11.3 Å². The fourth-order valence-electron chi connectivity index (χ4n) is 1.89. The molecule has 0 saturated carbocycles. The summed E-state index contributed by atoms with van der Waals surface area (Å²) in [5.74, 6) is -1.38. The molecule has 0 aliphatic carbocycles. The Bertz CT molecular complexity index is 811. The Hall–Kier alpha value is -2.55. The predicted octanol–water partition coefficient (Wildman–Crippen LogP) is 4.05. The van der Waals surface area contributed by atoms with Crippen molar-refractivity contribution < 1.29 is 14.3 Å². The fourth-order valence-corrected chi connectivity index (χ4v) is 2.44. The van der Waals surface area contributed by atoms with E-state index in [0.717, 1.165) is 0 Å². The van der Waals surface area contributed by atoms with Crippen LogP contribution >= 0.6 is 23.2 Å². The Morgan fingerprint density at radius 3 is 2.38 bits per heavy atom. The molecule has 0 fully saturated rings. The number of nitrogens with one attached hydrogen (secondary N) is 1. The molecule has 0 aliphatic rings. The quantitative estimate of drug-likeness (QED) is 0.832. The van der Waals surface area contributed by atoms with E-state index in [1.54, 1.807) is 30.3 Å². The molecular weight excluding hydrogens is 351 g/mol. The Morgan fingerprint density at radius 2 is 1.75 bits per heavy atom. The highest BCUT2D eigenvalue weighted by atomic mass is 35.5. The number of nitriles is 1. The predicted molar refractivity (Wildman–Crippen MR) is 91.1 cm³/mol. The lowest BCUT2D eigenvalue weighted by atomic mass is 10.2. The lowest BCUT2D eigenvalue weighted by Crippen LogP contribution is -2.30. The van der Waals surface area contributed by atoms with Crippen molar-refractivity contribution in [1.82, 2.24) is 0 Å². The minimum atomic E-state index is -1.10. The number of benzene rings is 2. The largest absolute Gasteiger partial charge is 0.449 e. The molecule has 0 unspecified atom stereocenters. The van der Waals surface area contributed by atoms with E-state index in [2.05, 4.69) is 5.32 Å². The second-order valence-corrected chi connectivity index (χ2v) is 5.61. The normalized spacial score (nSPS) is 11.2. The van der Waals surface area contributed by atoms with Crippen molar-refractivity contribution in [3.63, 3.8) is 0 Å². The van der Waals surface area contributed by atoms with Crippen LogP contribution in [-0.4, -0.2) is 18.0 Å². The van der Waals surface area contributed by atoms with Crippen LogP contribution in [0, 0.1) is 11.3 Å². The first-order valence-corrected chi connectivity index (χ1v) is 7.64. The molecule has 2 aromatic rings. The molecule has 0 bridgehead atoms. The van der Waals surface area contributed by atoms with Crippen molar-refractivity contribution in [3.05, 3.63) is 63.6 Å². The van der Waals surface area contributed by atoms with Gasteiger partial charge in [-0.25, -0.2) is 4.79 Å². The zero-order valence-electron chi connectivity index (χ0n) is 12.5. The van der Waals surface area contributed by atoms with Crippen LogP contribution in [0.4, 0.5) is 5.69 Å². The van der Waals surface area contributed by atoms with Crippen LogP contribution in [0.25, 0.3) is 0 Å². The molecule has 2 aromatic carbocycles. The number of halogens is 2. The molecule has 0 aromatic heterocycles. The van der Waals surface area contributed by atoms with Gasteiger partial charge in [-0.05, 0) is 31.2 Å². The zero-order valence-corrected chi connectivity index (χ0v) is 14.1. The number of anilines is 1. The summed E-state index contributed by atoms with van der Waals surface area (Å²) in [7, 11) is 0. The highest BCUT2D eigenvalue weighted by Gasteiger charge is 2.23. The first-order chi connectivity index (χ1) is 11.4. The van der Waals surface area contributed by atoms with Gasteiger partial charge in [-0.2, -0.15) is 5.26 Å². The van der Waals surface area contributed by atoms with Gasteiger partial charge in [0.25, 0.3) is 5.91 Å². The summed E-state index contributed by atoms with van der Waals surface area (Å²) in [6, 6.07) is 13.1. The smallest absolute Gasteiger partial charge is 0.341 e. The average Bonchev–Trinajstić information content (AvgIpc) is 2.55. The first kappa shape index (κ1) is 17.8. The third kappa shape index (κ3) is 4.05. The summed E-state index contributed by atoms with van der Waals surface area (Å²) in [5, 5.41) is 11.8. The lowest BCUT2D eigenvalue weighted by Gasteiger charge is -2.15. The maximum Gasteiger partial charge on any atom is 0.341 e. The van der Waals surface area contributed by atoms with Crippen molar-refractivity contribution in [3.8, 4) is 6.07 Å². The van der Waals surface area contributed by atoms with Crippen molar-refractivity contribution in [2.45, 2.75) is 13.0 Å². The summed E-state index contributed by atoms with van der Waals surface area (Å²) in [5.41, 5.74) is 0.639. The topological polar surface area (TPSA) is 79.2 Å². The van der Waals surface area contributed by atoms with E-state index in [1.807, 2.05) is 6.07 Å². The van der Waals surface area contributed by atoms with Gasteiger partial charge >= 0.3 is 5.97 Å². The molecule has 0 radical (unpaired) electrons. The van der Waals surface area contributed by atoms with E-state index in [-0.39, 0.29) is 15.6 Å². The second kappa shape index (κ2) is 7.82. The minimum absolute atomic E-state index is 0.00194. The summed E-state index contributed by atoms with van der Waals surface area (Å²) in [4.78, 5) is 24.3. The number of carbonyl (C=O) groups is 2. The van der Waals surface area contributed by atoms with Gasteiger partial charge in [-0.1, -0.05) is 41.4 Å². The Kier molecular flexibility index (Phi) is 5.80. The van der Waals surface area contributed by atoms with Crippen LogP contribution in [0.2, 0.25) is 10.0 Å². The van der Waals surface area contributed by atoms with E-state index in [4.69, 9.17) is 33.2 Å². The van der Waals surface area contributed by atoms with Crippen LogP contribution in [0.3, 0.4) is 0 Å². The van der Waals surface area contributed by atoms with Gasteiger partial charge < -0.3 is 10.1 Å². The van der Waals surface area contributed by atoms with Crippen molar-refractivity contribution in [2.75, 3.05) is 5.32 Å². The fraction of sp³-hybridized carbons (Fsp3) is 0.118. The molecule has 1 amide bonds. The number of ether oxygens (including phenoxy) is 1. The van der Waals surface area contributed by atoms with Crippen LogP contribution in [-0.2, 0) is 9.53 Å².